The Hall–Kier alpha value is -1.61. The van der Waals surface area contributed by atoms with Gasteiger partial charge in [0.2, 0.25) is 0 Å². The van der Waals surface area contributed by atoms with E-state index in [1.54, 1.807) is 0 Å². The number of hydrogen-bond acceptors (Lipinski definition) is 2. The second-order valence-corrected chi connectivity index (χ2v) is 6.31. The zero-order valence-corrected chi connectivity index (χ0v) is 12.6. The van der Waals surface area contributed by atoms with Crippen molar-refractivity contribution in [3.63, 3.8) is 0 Å². The molecule has 0 spiro atoms. The minimum Gasteiger partial charge on any atom is -0.315 e. The van der Waals surface area contributed by atoms with Gasteiger partial charge in [0.15, 0.2) is 0 Å². The Morgan fingerprint density at radius 3 is 2.65 bits per heavy atom. The summed E-state index contributed by atoms with van der Waals surface area (Å²) < 4.78 is 2.05. The van der Waals surface area contributed by atoms with Crippen LogP contribution in [0.1, 0.15) is 36.7 Å². The number of nitrogens with one attached hydrogen (secondary N) is 1. The molecule has 2 heterocycles. The van der Waals surface area contributed by atoms with Crippen LogP contribution in [0, 0.1) is 6.92 Å². The minimum atomic E-state index is 0.224. The Bertz CT molecular complexity index is 594. The molecule has 0 saturated carbocycles. The van der Waals surface area contributed by atoms with Crippen LogP contribution in [-0.2, 0) is 11.8 Å². The Labute approximate surface area is 121 Å². The number of hydrogen-bond donors (Lipinski definition) is 1. The molecular weight excluding hydrogens is 246 g/mol. The van der Waals surface area contributed by atoms with Gasteiger partial charge in [0.25, 0.3) is 0 Å². The molecule has 1 aliphatic heterocycles. The third-order valence-electron chi connectivity index (χ3n) is 4.27. The average Bonchev–Trinajstić information content (AvgIpc) is 2.82. The molecular formula is C17H23N3. The molecule has 1 aromatic carbocycles. The first kappa shape index (κ1) is 13.4. The summed E-state index contributed by atoms with van der Waals surface area (Å²) in [6, 6.07) is 11.5. The van der Waals surface area contributed by atoms with Gasteiger partial charge in [-0.25, -0.2) is 0 Å². The molecule has 0 atom stereocenters. The van der Waals surface area contributed by atoms with E-state index in [1.807, 2.05) is 4.68 Å². The van der Waals surface area contributed by atoms with E-state index in [0.717, 1.165) is 19.5 Å². The molecule has 0 bridgehead atoms. The first-order valence-corrected chi connectivity index (χ1v) is 7.41. The first-order valence-electron chi connectivity index (χ1n) is 7.41. The monoisotopic (exact) mass is 269 g/mol. The van der Waals surface area contributed by atoms with Crippen LogP contribution in [-0.4, -0.2) is 22.9 Å². The van der Waals surface area contributed by atoms with E-state index in [2.05, 4.69) is 62.6 Å². The van der Waals surface area contributed by atoms with Crippen molar-refractivity contribution in [1.82, 2.24) is 15.1 Å². The van der Waals surface area contributed by atoms with Crippen molar-refractivity contribution in [2.75, 3.05) is 13.1 Å². The molecule has 106 valence electrons. The molecule has 2 aromatic rings. The number of aryl methyl sites for hydroxylation is 1. The standard InChI is InChI=1S/C17H23N3/c1-13(2)20-8-7-16(19-20)10-17(11-18-12-17)15-6-4-5-14(3)9-15/h4-9,13,18H,10-12H2,1-3H3. The van der Waals surface area contributed by atoms with Crippen LogP contribution in [0.15, 0.2) is 36.5 Å². The topological polar surface area (TPSA) is 29.9 Å². The van der Waals surface area contributed by atoms with Gasteiger partial charge in [-0.2, -0.15) is 5.10 Å². The summed E-state index contributed by atoms with van der Waals surface area (Å²) >= 11 is 0. The summed E-state index contributed by atoms with van der Waals surface area (Å²) in [5.74, 6) is 0. The van der Waals surface area contributed by atoms with Crippen molar-refractivity contribution in [1.29, 1.82) is 0 Å². The second kappa shape index (κ2) is 5.06. The third-order valence-corrected chi connectivity index (χ3v) is 4.27. The molecule has 3 rings (SSSR count). The Kier molecular flexibility index (Phi) is 3.38. The van der Waals surface area contributed by atoms with Crippen molar-refractivity contribution in [2.24, 2.45) is 0 Å². The highest BCUT2D eigenvalue weighted by molar-refractivity contribution is 5.34. The van der Waals surface area contributed by atoms with E-state index in [0.29, 0.717) is 6.04 Å². The Morgan fingerprint density at radius 2 is 2.10 bits per heavy atom. The molecule has 0 unspecified atom stereocenters. The second-order valence-electron chi connectivity index (χ2n) is 6.31. The summed E-state index contributed by atoms with van der Waals surface area (Å²) in [6.45, 7) is 8.59. The van der Waals surface area contributed by atoms with Crippen molar-refractivity contribution in [3.8, 4) is 0 Å². The summed E-state index contributed by atoms with van der Waals surface area (Å²) in [7, 11) is 0. The fourth-order valence-electron chi connectivity index (χ4n) is 2.94. The van der Waals surface area contributed by atoms with Gasteiger partial charge < -0.3 is 5.32 Å². The molecule has 3 nitrogen and oxygen atoms in total. The zero-order chi connectivity index (χ0) is 14.2. The molecule has 1 aliphatic rings. The quantitative estimate of drug-likeness (QED) is 0.925. The predicted molar refractivity (Wildman–Crippen MR) is 82.0 cm³/mol. The van der Waals surface area contributed by atoms with Gasteiger partial charge in [-0.3, -0.25) is 4.68 Å². The van der Waals surface area contributed by atoms with Crippen LogP contribution in [0.5, 0.6) is 0 Å². The number of aromatic nitrogens is 2. The van der Waals surface area contributed by atoms with Crippen LogP contribution in [0.25, 0.3) is 0 Å². The van der Waals surface area contributed by atoms with E-state index < -0.39 is 0 Å². The molecule has 0 amide bonds. The Balaban J connectivity index is 1.86. The van der Waals surface area contributed by atoms with E-state index in [9.17, 15) is 0 Å². The average molecular weight is 269 g/mol. The van der Waals surface area contributed by atoms with Gasteiger partial charge >= 0.3 is 0 Å². The molecule has 3 heteroatoms. The highest BCUT2D eigenvalue weighted by Crippen LogP contribution is 2.32. The SMILES string of the molecule is Cc1cccc(C2(Cc3ccn(C(C)C)n3)CNC2)c1. The zero-order valence-electron chi connectivity index (χ0n) is 12.6. The molecule has 20 heavy (non-hydrogen) atoms. The summed E-state index contributed by atoms with van der Waals surface area (Å²) in [4.78, 5) is 0. The summed E-state index contributed by atoms with van der Waals surface area (Å²) in [5, 5.41) is 8.15. The summed E-state index contributed by atoms with van der Waals surface area (Å²) in [6.07, 6.45) is 3.11. The lowest BCUT2D eigenvalue weighted by Gasteiger charge is -2.43. The van der Waals surface area contributed by atoms with E-state index in [-0.39, 0.29) is 5.41 Å². The van der Waals surface area contributed by atoms with Crippen LogP contribution < -0.4 is 5.32 Å². The molecule has 1 saturated heterocycles. The Morgan fingerprint density at radius 1 is 1.30 bits per heavy atom. The minimum absolute atomic E-state index is 0.224. The van der Waals surface area contributed by atoms with Crippen molar-refractivity contribution < 1.29 is 0 Å². The number of benzene rings is 1. The van der Waals surface area contributed by atoms with E-state index >= 15 is 0 Å². The molecule has 1 N–H and O–H groups in total. The van der Waals surface area contributed by atoms with Crippen molar-refractivity contribution in [2.45, 2.75) is 38.6 Å². The lowest BCUT2D eigenvalue weighted by atomic mass is 9.71. The highest BCUT2D eigenvalue weighted by Gasteiger charge is 2.39. The number of rotatable bonds is 4. The van der Waals surface area contributed by atoms with E-state index in [1.165, 1.54) is 16.8 Å². The molecule has 0 aliphatic carbocycles. The fraction of sp³-hybridized carbons (Fsp3) is 0.471. The van der Waals surface area contributed by atoms with Gasteiger partial charge in [-0.15, -0.1) is 0 Å². The maximum Gasteiger partial charge on any atom is 0.0634 e. The van der Waals surface area contributed by atoms with Gasteiger partial charge in [-0.05, 0) is 32.4 Å². The van der Waals surface area contributed by atoms with Crippen LogP contribution in [0.2, 0.25) is 0 Å². The number of nitrogens with zero attached hydrogens (tertiary/aromatic N) is 2. The van der Waals surface area contributed by atoms with Gasteiger partial charge in [0.05, 0.1) is 5.69 Å². The first-order chi connectivity index (χ1) is 9.59. The van der Waals surface area contributed by atoms with Gasteiger partial charge in [-0.1, -0.05) is 29.8 Å². The van der Waals surface area contributed by atoms with E-state index in [4.69, 9.17) is 5.10 Å². The van der Waals surface area contributed by atoms with Crippen LogP contribution in [0.4, 0.5) is 0 Å². The van der Waals surface area contributed by atoms with Crippen molar-refractivity contribution >= 4 is 0 Å². The molecule has 0 radical (unpaired) electrons. The molecule has 1 fully saturated rings. The maximum absolute atomic E-state index is 4.71. The van der Waals surface area contributed by atoms with Crippen molar-refractivity contribution in [3.05, 3.63) is 53.3 Å². The molecule has 1 aromatic heterocycles. The highest BCUT2D eigenvalue weighted by atomic mass is 15.3. The largest absolute Gasteiger partial charge is 0.315 e. The van der Waals surface area contributed by atoms with Crippen LogP contribution >= 0.6 is 0 Å². The lowest BCUT2D eigenvalue weighted by molar-refractivity contribution is 0.271. The summed E-state index contributed by atoms with van der Waals surface area (Å²) in [5.41, 5.74) is 4.20. The smallest absolute Gasteiger partial charge is 0.0634 e. The lowest BCUT2D eigenvalue weighted by Crippen LogP contribution is -2.58. The maximum atomic E-state index is 4.71. The normalized spacial score (nSPS) is 17.2. The van der Waals surface area contributed by atoms with Gasteiger partial charge in [0, 0.05) is 37.2 Å². The van der Waals surface area contributed by atoms with Crippen LogP contribution in [0.3, 0.4) is 0 Å². The fourth-order valence-corrected chi connectivity index (χ4v) is 2.94. The predicted octanol–water partition coefficient (Wildman–Crippen LogP) is 2.86. The third kappa shape index (κ3) is 2.38. The van der Waals surface area contributed by atoms with Gasteiger partial charge in [0.1, 0.15) is 0 Å².